The van der Waals surface area contributed by atoms with Crippen molar-refractivity contribution in [1.29, 1.82) is 0 Å². The summed E-state index contributed by atoms with van der Waals surface area (Å²) in [6.45, 7) is 7.97. The Hall–Kier alpha value is -1.39. The summed E-state index contributed by atoms with van der Waals surface area (Å²) in [6.07, 6.45) is 4.80. The molecule has 2 aromatic rings. The second kappa shape index (κ2) is 7.41. The third-order valence-electron chi connectivity index (χ3n) is 3.18. The Bertz CT molecular complexity index is 539. The van der Waals surface area contributed by atoms with Crippen LogP contribution in [0.1, 0.15) is 43.0 Å². The van der Waals surface area contributed by atoms with Gasteiger partial charge in [-0.1, -0.05) is 6.92 Å². The van der Waals surface area contributed by atoms with Crippen molar-refractivity contribution in [1.82, 2.24) is 10.3 Å². The van der Waals surface area contributed by atoms with Gasteiger partial charge in [-0.2, -0.15) is 11.3 Å². The maximum atomic E-state index is 5.56. The van der Waals surface area contributed by atoms with Crippen LogP contribution in [0.2, 0.25) is 0 Å². The van der Waals surface area contributed by atoms with Gasteiger partial charge in [-0.3, -0.25) is 4.98 Å². The molecule has 0 amide bonds. The highest BCUT2D eigenvalue weighted by Crippen LogP contribution is 2.29. The Morgan fingerprint density at radius 2 is 2.15 bits per heavy atom. The molecule has 1 atom stereocenters. The first-order valence-electron chi connectivity index (χ1n) is 7.10. The zero-order valence-electron chi connectivity index (χ0n) is 12.3. The van der Waals surface area contributed by atoms with Crippen molar-refractivity contribution in [2.24, 2.45) is 0 Å². The lowest BCUT2D eigenvalue weighted by atomic mass is 9.99. The number of thiophene rings is 1. The fourth-order valence-electron chi connectivity index (χ4n) is 2.20. The van der Waals surface area contributed by atoms with Crippen LogP contribution in [0.5, 0.6) is 5.75 Å². The minimum absolute atomic E-state index is 0.189. The van der Waals surface area contributed by atoms with E-state index in [0.717, 1.165) is 24.3 Å². The van der Waals surface area contributed by atoms with E-state index in [1.54, 1.807) is 17.5 Å². The second-order valence-corrected chi connectivity index (χ2v) is 5.53. The van der Waals surface area contributed by atoms with Crippen LogP contribution in [0.4, 0.5) is 0 Å². The molecule has 108 valence electrons. The largest absolute Gasteiger partial charge is 0.492 e. The topological polar surface area (TPSA) is 34.2 Å². The van der Waals surface area contributed by atoms with Gasteiger partial charge in [0.05, 0.1) is 18.8 Å². The van der Waals surface area contributed by atoms with Crippen LogP contribution in [-0.2, 0) is 0 Å². The summed E-state index contributed by atoms with van der Waals surface area (Å²) >= 11 is 1.75. The number of ether oxygens (including phenoxy) is 1. The monoisotopic (exact) mass is 290 g/mol. The Morgan fingerprint density at radius 1 is 1.30 bits per heavy atom. The zero-order valence-corrected chi connectivity index (χ0v) is 13.2. The van der Waals surface area contributed by atoms with E-state index in [9.17, 15) is 0 Å². The number of hydrogen-bond donors (Lipinski definition) is 1. The molecule has 0 saturated heterocycles. The first-order chi connectivity index (χ1) is 9.76. The van der Waals surface area contributed by atoms with Crippen LogP contribution < -0.4 is 10.1 Å². The highest BCUT2D eigenvalue weighted by Gasteiger charge is 2.17. The number of pyridine rings is 1. The summed E-state index contributed by atoms with van der Waals surface area (Å²) in [4.78, 5) is 4.31. The smallest absolute Gasteiger partial charge is 0.137 e. The van der Waals surface area contributed by atoms with E-state index < -0.39 is 0 Å². The maximum Gasteiger partial charge on any atom is 0.137 e. The predicted octanol–water partition coefficient (Wildman–Crippen LogP) is 3.94. The molecule has 0 spiro atoms. The molecule has 2 aromatic heterocycles. The van der Waals surface area contributed by atoms with Crippen molar-refractivity contribution in [2.75, 3.05) is 13.2 Å². The van der Waals surface area contributed by atoms with Crippen LogP contribution in [-0.4, -0.2) is 18.1 Å². The Morgan fingerprint density at radius 3 is 2.80 bits per heavy atom. The summed E-state index contributed by atoms with van der Waals surface area (Å²) < 4.78 is 5.56. The van der Waals surface area contributed by atoms with Crippen LogP contribution in [0.25, 0.3) is 0 Å². The van der Waals surface area contributed by atoms with Gasteiger partial charge in [-0.25, -0.2) is 0 Å². The van der Waals surface area contributed by atoms with Crippen molar-refractivity contribution in [3.8, 4) is 5.75 Å². The zero-order chi connectivity index (χ0) is 14.4. The number of nitrogens with zero attached hydrogens (tertiary/aromatic N) is 1. The molecule has 4 heteroatoms. The third kappa shape index (κ3) is 3.58. The first-order valence-corrected chi connectivity index (χ1v) is 8.04. The number of aryl methyl sites for hydroxylation is 1. The van der Waals surface area contributed by atoms with E-state index in [-0.39, 0.29) is 6.04 Å². The molecular formula is C16H22N2OS. The molecule has 20 heavy (non-hydrogen) atoms. The van der Waals surface area contributed by atoms with Gasteiger partial charge in [-0.15, -0.1) is 0 Å². The molecule has 0 saturated carbocycles. The standard InChI is InChI=1S/C16H22N2OS/c1-4-6-18-16(15-11-20-10-12(15)3)13-7-14(19-5-2)9-17-8-13/h7-11,16,18H,4-6H2,1-3H3. The van der Waals surface area contributed by atoms with Gasteiger partial charge in [0, 0.05) is 6.20 Å². The molecule has 0 aliphatic rings. The normalized spacial score (nSPS) is 12.3. The fourth-order valence-corrected chi connectivity index (χ4v) is 3.08. The quantitative estimate of drug-likeness (QED) is 0.838. The second-order valence-electron chi connectivity index (χ2n) is 4.78. The lowest BCUT2D eigenvalue weighted by Gasteiger charge is -2.19. The lowest BCUT2D eigenvalue weighted by molar-refractivity contribution is 0.338. The molecule has 2 rings (SSSR count). The maximum absolute atomic E-state index is 5.56. The molecule has 0 aliphatic carbocycles. The molecule has 1 unspecified atom stereocenters. The summed E-state index contributed by atoms with van der Waals surface area (Å²) in [5.41, 5.74) is 3.82. The molecule has 0 bridgehead atoms. The predicted molar refractivity (Wildman–Crippen MR) is 84.6 cm³/mol. The highest BCUT2D eigenvalue weighted by molar-refractivity contribution is 7.08. The van der Waals surface area contributed by atoms with E-state index in [1.807, 2.05) is 13.1 Å². The van der Waals surface area contributed by atoms with Gasteiger partial charge in [0.1, 0.15) is 5.75 Å². The average molecular weight is 290 g/mol. The summed E-state index contributed by atoms with van der Waals surface area (Å²) in [5, 5.41) is 8.02. The molecule has 2 heterocycles. The molecule has 0 radical (unpaired) electrons. The third-order valence-corrected chi connectivity index (χ3v) is 4.06. The Labute approximate surface area is 125 Å². The van der Waals surface area contributed by atoms with Crippen molar-refractivity contribution in [2.45, 2.75) is 33.2 Å². The van der Waals surface area contributed by atoms with Gasteiger partial charge in [0.2, 0.25) is 0 Å². The number of hydrogen-bond acceptors (Lipinski definition) is 4. The van der Waals surface area contributed by atoms with E-state index >= 15 is 0 Å². The number of nitrogens with one attached hydrogen (secondary N) is 1. The minimum Gasteiger partial charge on any atom is -0.492 e. The van der Waals surface area contributed by atoms with Gasteiger partial charge >= 0.3 is 0 Å². The van der Waals surface area contributed by atoms with Crippen LogP contribution in [0.3, 0.4) is 0 Å². The van der Waals surface area contributed by atoms with Gasteiger partial charge in [0.25, 0.3) is 0 Å². The number of aromatic nitrogens is 1. The van der Waals surface area contributed by atoms with Crippen LogP contribution in [0.15, 0.2) is 29.2 Å². The Balaban J connectivity index is 2.31. The van der Waals surface area contributed by atoms with Crippen molar-refractivity contribution >= 4 is 11.3 Å². The highest BCUT2D eigenvalue weighted by atomic mass is 32.1. The van der Waals surface area contributed by atoms with Crippen LogP contribution >= 0.6 is 11.3 Å². The Kier molecular flexibility index (Phi) is 5.56. The van der Waals surface area contributed by atoms with Crippen molar-refractivity contribution in [3.63, 3.8) is 0 Å². The van der Waals surface area contributed by atoms with E-state index in [2.05, 4.69) is 41.0 Å². The average Bonchev–Trinajstić information content (AvgIpc) is 2.87. The molecule has 0 fully saturated rings. The summed E-state index contributed by atoms with van der Waals surface area (Å²) in [5.74, 6) is 0.834. The lowest BCUT2D eigenvalue weighted by Crippen LogP contribution is -2.23. The van der Waals surface area contributed by atoms with Crippen molar-refractivity contribution < 1.29 is 4.74 Å². The van der Waals surface area contributed by atoms with E-state index in [0.29, 0.717) is 6.61 Å². The van der Waals surface area contributed by atoms with E-state index in [1.165, 1.54) is 11.1 Å². The minimum atomic E-state index is 0.189. The first kappa shape index (κ1) is 15.0. The van der Waals surface area contributed by atoms with Crippen molar-refractivity contribution in [3.05, 3.63) is 45.9 Å². The number of rotatable bonds is 7. The molecular weight excluding hydrogens is 268 g/mol. The van der Waals surface area contributed by atoms with Gasteiger partial charge < -0.3 is 10.1 Å². The van der Waals surface area contributed by atoms with Gasteiger partial charge in [0.15, 0.2) is 0 Å². The molecule has 3 nitrogen and oxygen atoms in total. The molecule has 0 aliphatic heterocycles. The van der Waals surface area contributed by atoms with Gasteiger partial charge in [-0.05, 0) is 60.3 Å². The van der Waals surface area contributed by atoms with Crippen LogP contribution in [0, 0.1) is 6.92 Å². The SMILES string of the molecule is CCCNC(c1cncc(OCC)c1)c1cscc1C. The molecule has 1 N–H and O–H groups in total. The van der Waals surface area contributed by atoms with E-state index in [4.69, 9.17) is 4.74 Å². The summed E-state index contributed by atoms with van der Waals surface area (Å²) in [6, 6.07) is 2.27. The summed E-state index contributed by atoms with van der Waals surface area (Å²) in [7, 11) is 0. The molecule has 0 aromatic carbocycles. The fraction of sp³-hybridized carbons (Fsp3) is 0.438.